The van der Waals surface area contributed by atoms with Crippen LogP contribution in [0.3, 0.4) is 0 Å². The molecule has 1 aliphatic carbocycles. The molecule has 0 spiro atoms. The van der Waals surface area contributed by atoms with Crippen LogP contribution in [0.5, 0.6) is 11.5 Å². The predicted octanol–water partition coefficient (Wildman–Crippen LogP) is 4.75. The number of nitrogens with one attached hydrogen (secondary N) is 1. The summed E-state index contributed by atoms with van der Waals surface area (Å²) in [6.07, 6.45) is 1.21. The summed E-state index contributed by atoms with van der Waals surface area (Å²) in [6.45, 7) is 0. The standard InChI is InChI=1S/C22H19NO5S/c24-22(25)20-14-16(8-13-21(20)23-29(26,27)19-11-12-19)15-6-9-18(10-7-15)28-17-4-2-1-3-5-17/h1-10,13-14,19,23H,11-12H2,(H,24,25). The Morgan fingerprint density at radius 1 is 0.897 bits per heavy atom. The van der Waals surface area contributed by atoms with Crippen molar-refractivity contribution in [3.8, 4) is 22.6 Å². The van der Waals surface area contributed by atoms with Crippen LogP contribution in [0.4, 0.5) is 5.69 Å². The number of carbonyl (C=O) groups is 1. The monoisotopic (exact) mass is 409 g/mol. The Labute approximate surface area is 168 Å². The van der Waals surface area contributed by atoms with Crippen LogP contribution in [-0.2, 0) is 10.0 Å². The number of carboxylic acid groups (broad SMARTS) is 1. The highest BCUT2D eigenvalue weighted by Crippen LogP contribution is 2.32. The van der Waals surface area contributed by atoms with Crippen LogP contribution in [0.1, 0.15) is 23.2 Å². The molecule has 6 nitrogen and oxygen atoms in total. The van der Waals surface area contributed by atoms with Crippen LogP contribution in [0.15, 0.2) is 72.8 Å². The summed E-state index contributed by atoms with van der Waals surface area (Å²) in [5, 5.41) is 9.11. The van der Waals surface area contributed by atoms with E-state index in [4.69, 9.17) is 4.74 Å². The molecule has 0 heterocycles. The number of para-hydroxylation sites is 1. The fraction of sp³-hybridized carbons (Fsp3) is 0.136. The van der Waals surface area contributed by atoms with Crippen molar-refractivity contribution >= 4 is 21.7 Å². The highest BCUT2D eigenvalue weighted by Gasteiger charge is 2.36. The van der Waals surface area contributed by atoms with Crippen molar-refractivity contribution in [2.45, 2.75) is 18.1 Å². The summed E-state index contributed by atoms with van der Waals surface area (Å²) >= 11 is 0. The lowest BCUT2D eigenvalue weighted by Gasteiger charge is -2.12. The van der Waals surface area contributed by atoms with E-state index in [1.54, 1.807) is 18.2 Å². The molecule has 3 aromatic carbocycles. The second-order valence-electron chi connectivity index (χ2n) is 6.85. The molecular weight excluding hydrogens is 390 g/mol. The Morgan fingerprint density at radius 3 is 2.14 bits per heavy atom. The molecule has 0 saturated heterocycles. The van der Waals surface area contributed by atoms with Gasteiger partial charge in [-0.05, 0) is 60.4 Å². The molecule has 0 amide bonds. The minimum absolute atomic E-state index is 0.0807. The van der Waals surface area contributed by atoms with Crippen molar-refractivity contribution < 1.29 is 23.1 Å². The number of ether oxygens (including phenoxy) is 1. The van der Waals surface area contributed by atoms with Crippen LogP contribution >= 0.6 is 0 Å². The first-order valence-corrected chi connectivity index (χ1v) is 10.7. The second kappa shape index (κ2) is 7.60. The quantitative estimate of drug-likeness (QED) is 0.587. The number of hydrogen-bond acceptors (Lipinski definition) is 4. The summed E-state index contributed by atoms with van der Waals surface area (Å²) in [4.78, 5) is 11.7. The van der Waals surface area contributed by atoms with Crippen LogP contribution < -0.4 is 9.46 Å². The van der Waals surface area contributed by atoms with Crippen LogP contribution in [-0.4, -0.2) is 24.7 Å². The SMILES string of the molecule is O=C(O)c1cc(-c2ccc(Oc3ccccc3)cc2)ccc1NS(=O)(=O)C1CC1. The van der Waals surface area contributed by atoms with Gasteiger partial charge in [-0.2, -0.15) is 0 Å². The summed E-state index contributed by atoms with van der Waals surface area (Å²) in [7, 11) is -3.54. The summed E-state index contributed by atoms with van der Waals surface area (Å²) in [5.41, 5.74) is 1.46. The van der Waals surface area contributed by atoms with Gasteiger partial charge in [-0.25, -0.2) is 13.2 Å². The lowest BCUT2D eigenvalue weighted by molar-refractivity contribution is 0.0698. The zero-order valence-corrected chi connectivity index (χ0v) is 16.2. The molecule has 0 aliphatic heterocycles. The molecule has 29 heavy (non-hydrogen) atoms. The minimum Gasteiger partial charge on any atom is -0.478 e. The number of benzene rings is 3. The number of rotatable bonds is 7. The topological polar surface area (TPSA) is 92.7 Å². The van der Waals surface area contributed by atoms with E-state index in [1.165, 1.54) is 12.1 Å². The Morgan fingerprint density at radius 2 is 1.52 bits per heavy atom. The largest absolute Gasteiger partial charge is 0.478 e. The number of carboxylic acids is 1. The average molecular weight is 409 g/mol. The van der Waals surface area contributed by atoms with Gasteiger partial charge in [0.1, 0.15) is 11.5 Å². The Hall–Kier alpha value is -3.32. The highest BCUT2D eigenvalue weighted by molar-refractivity contribution is 7.93. The van der Waals surface area contributed by atoms with Gasteiger partial charge >= 0.3 is 5.97 Å². The van der Waals surface area contributed by atoms with Gasteiger partial charge in [0.25, 0.3) is 0 Å². The number of aromatic carboxylic acids is 1. The Kier molecular flexibility index (Phi) is 4.98. The predicted molar refractivity (Wildman–Crippen MR) is 111 cm³/mol. The molecule has 1 aliphatic rings. The van der Waals surface area contributed by atoms with Gasteiger partial charge in [0.2, 0.25) is 10.0 Å². The molecule has 1 saturated carbocycles. The lowest BCUT2D eigenvalue weighted by atomic mass is 10.0. The Bertz CT molecular complexity index is 1140. The van der Waals surface area contributed by atoms with Gasteiger partial charge in [0.15, 0.2) is 0 Å². The van der Waals surface area contributed by atoms with Gasteiger partial charge in [-0.15, -0.1) is 0 Å². The third-order valence-corrected chi connectivity index (χ3v) is 6.49. The second-order valence-corrected chi connectivity index (χ2v) is 8.81. The van der Waals surface area contributed by atoms with E-state index in [0.29, 0.717) is 24.2 Å². The summed E-state index contributed by atoms with van der Waals surface area (Å²) in [5.74, 6) is 0.192. The van der Waals surface area contributed by atoms with Gasteiger partial charge in [0.05, 0.1) is 16.5 Å². The molecule has 0 aromatic heterocycles. The third kappa shape index (κ3) is 4.41. The van der Waals surface area contributed by atoms with Crippen molar-refractivity contribution in [2.24, 2.45) is 0 Å². The maximum Gasteiger partial charge on any atom is 0.337 e. The molecule has 1 fully saturated rings. The lowest BCUT2D eigenvalue weighted by Crippen LogP contribution is -2.19. The first kappa shape index (κ1) is 19.0. The van der Waals surface area contributed by atoms with Gasteiger partial charge in [-0.1, -0.05) is 36.4 Å². The van der Waals surface area contributed by atoms with Crippen molar-refractivity contribution in [3.05, 3.63) is 78.4 Å². The average Bonchev–Trinajstić information content (AvgIpc) is 3.55. The molecule has 148 valence electrons. The molecule has 4 rings (SSSR count). The maximum atomic E-state index is 12.2. The van der Waals surface area contributed by atoms with E-state index in [9.17, 15) is 18.3 Å². The smallest absolute Gasteiger partial charge is 0.337 e. The number of anilines is 1. The summed E-state index contributed by atoms with van der Waals surface area (Å²) in [6, 6.07) is 21.3. The minimum atomic E-state index is -3.54. The first-order valence-electron chi connectivity index (χ1n) is 9.15. The van der Waals surface area contributed by atoms with E-state index in [0.717, 1.165) is 11.3 Å². The molecular formula is C22H19NO5S. The van der Waals surface area contributed by atoms with E-state index in [2.05, 4.69) is 4.72 Å². The molecule has 3 aromatic rings. The summed E-state index contributed by atoms with van der Waals surface area (Å²) < 4.78 is 32.5. The first-order chi connectivity index (χ1) is 13.9. The van der Waals surface area contributed by atoms with Crippen molar-refractivity contribution in [1.82, 2.24) is 0 Å². The van der Waals surface area contributed by atoms with E-state index < -0.39 is 21.2 Å². The zero-order chi connectivity index (χ0) is 20.4. The molecule has 2 N–H and O–H groups in total. The molecule has 0 atom stereocenters. The van der Waals surface area contributed by atoms with Gasteiger partial charge in [0, 0.05) is 0 Å². The number of sulfonamides is 1. The molecule has 0 radical (unpaired) electrons. The third-order valence-electron chi connectivity index (χ3n) is 4.63. The van der Waals surface area contributed by atoms with E-state index in [-0.39, 0.29) is 11.3 Å². The zero-order valence-electron chi connectivity index (χ0n) is 15.4. The fourth-order valence-electron chi connectivity index (χ4n) is 2.94. The van der Waals surface area contributed by atoms with Crippen molar-refractivity contribution in [2.75, 3.05) is 4.72 Å². The molecule has 0 unspecified atom stereocenters. The Balaban J connectivity index is 1.58. The van der Waals surface area contributed by atoms with Crippen molar-refractivity contribution in [3.63, 3.8) is 0 Å². The van der Waals surface area contributed by atoms with Crippen molar-refractivity contribution in [1.29, 1.82) is 0 Å². The fourth-order valence-corrected chi connectivity index (χ4v) is 4.35. The highest BCUT2D eigenvalue weighted by atomic mass is 32.2. The maximum absolute atomic E-state index is 12.2. The van der Waals surface area contributed by atoms with Gasteiger partial charge in [-0.3, -0.25) is 4.72 Å². The molecule has 7 heteroatoms. The molecule has 0 bridgehead atoms. The normalized spacial score (nSPS) is 13.7. The van der Waals surface area contributed by atoms with E-state index in [1.807, 2.05) is 42.5 Å². The number of hydrogen-bond donors (Lipinski definition) is 2. The van der Waals surface area contributed by atoms with Crippen LogP contribution in [0.2, 0.25) is 0 Å². The van der Waals surface area contributed by atoms with E-state index >= 15 is 0 Å². The van der Waals surface area contributed by atoms with Crippen LogP contribution in [0, 0.1) is 0 Å². The van der Waals surface area contributed by atoms with Crippen LogP contribution in [0.25, 0.3) is 11.1 Å². The van der Waals surface area contributed by atoms with Gasteiger partial charge < -0.3 is 9.84 Å².